The van der Waals surface area contributed by atoms with E-state index in [1.54, 1.807) is 7.05 Å². The molecule has 0 aromatic carbocycles. The van der Waals surface area contributed by atoms with Crippen molar-refractivity contribution in [2.45, 2.75) is 18.6 Å². The average Bonchev–Trinajstić information content (AvgIpc) is 2.19. The molecule has 0 radical (unpaired) electrons. The summed E-state index contributed by atoms with van der Waals surface area (Å²) in [7, 11) is 1.78. The van der Waals surface area contributed by atoms with Gasteiger partial charge in [-0.1, -0.05) is 0 Å². The van der Waals surface area contributed by atoms with Crippen molar-refractivity contribution in [3.05, 3.63) is 0 Å². The summed E-state index contributed by atoms with van der Waals surface area (Å²) in [5.74, 6) is 0. The second-order valence-electron chi connectivity index (χ2n) is 1.65. The number of alkyl halides is 1. The quantitative estimate of drug-likeness (QED) is 0.545. The Bertz CT molecular complexity index is 57.7. The Morgan fingerprint density at radius 1 is 1.71 bits per heavy atom. The lowest BCUT2D eigenvalue weighted by Gasteiger charge is -1.82. The van der Waals surface area contributed by atoms with Crippen molar-refractivity contribution in [1.29, 1.82) is 0 Å². The highest BCUT2D eigenvalue weighted by molar-refractivity contribution is 5.85. The van der Waals surface area contributed by atoms with E-state index in [-0.39, 0.29) is 18.4 Å². The third-order valence-corrected chi connectivity index (χ3v) is 1.08. The topological polar surface area (TPSA) is 12.0 Å². The maximum atomic E-state index is 11.7. The van der Waals surface area contributed by atoms with Crippen LogP contribution in [0.3, 0.4) is 0 Å². The maximum absolute atomic E-state index is 11.7. The van der Waals surface area contributed by atoms with Gasteiger partial charge in [-0.2, -0.15) is 0 Å². The standard InChI is InChI=1S/C4H8FN.ClH/c1-6-4-2-3(4)5;/h3-4,6H,2H2,1H3;1H/t3-,4-;/m1./s1. The van der Waals surface area contributed by atoms with Gasteiger partial charge in [0.15, 0.2) is 0 Å². The van der Waals surface area contributed by atoms with Crippen LogP contribution < -0.4 is 5.32 Å². The largest absolute Gasteiger partial charge is 0.314 e. The van der Waals surface area contributed by atoms with Gasteiger partial charge in [0.05, 0.1) is 0 Å². The summed E-state index contributed by atoms with van der Waals surface area (Å²) in [4.78, 5) is 0. The van der Waals surface area contributed by atoms with Crippen molar-refractivity contribution in [2.75, 3.05) is 7.05 Å². The van der Waals surface area contributed by atoms with E-state index < -0.39 is 6.17 Å². The molecule has 1 fully saturated rings. The zero-order valence-electron chi connectivity index (χ0n) is 4.15. The average molecular weight is 126 g/mol. The fourth-order valence-electron chi connectivity index (χ4n) is 0.463. The summed E-state index contributed by atoms with van der Waals surface area (Å²) in [6.07, 6.45) is 0.172. The van der Waals surface area contributed by atoms with E-state index in [1.807, 2.05) is 0 Å². The van der Waals surface area contributed by atoms with Gasteiger partial charge in [0.2, 0.25) is 0 Å². The molecule has 1 saturated carbocycles. The lowest BCUT2D eigenvalue weighted by Crippen LogP contribution is -2.10. The second kappa shape index (κ2) is 2.48. The molecule has 2 atom stereocenters. The third-order valence-electron chi connectivity index (χ3n) is 1.08. The fourth-order valence-corrected chi connectivity index (χ4v) is 0.463. The van der Waals surface area contributed by atoms with Crippen molar-refractivity contribution in [2.24, 2.45) is 0 Å². The third kappa shape index (κ3) is 1.61. The molecule has 0 saturated heterocycles. The van der Waals surface area contributed by atoms with Crippen molar-refractivity contribution in [3.63, 3.8) is 0 Å². The Morgan fingerprint density at radius 2 is 2.14 bits per heavy atom. The molecule has 0 unspecified atom stereocenters. The zero-order chi connectivity index (χ0) is 4.57. The molecular formula is C4H9ClFN. The summed E-state index contributed by atoms with van der Waals surface area (Å²) >= 11 is 0. The van der Waals surface area contributed by atoms with Crippen molar-refractivity contribution >= 4 is 12.4 Å². The van der Waals surface area contributed by atoms with Gasteiger partial charge in [-0.3, -0.25) is 0 Å². The maximum Gasteiger partial charge on any atom is 0.117 e. The molecule has 44 valence electrons. The summed E-state index contributed by atoms with van der Waals surface area (Å²) in [5, 5.41) is 2.81. The molecule has 0 bridgehead atoms. The summed E-state index contributed by atoms with van der Waals surface area (Å²) in [5.41, 5.74) is 0. The zero-order valence-corrected chi connectivity index (χ0v) is 4.96. The van der Waals surface area contributed by atoms with Gasteiger partial charge >= 0.3 is 0 Å². The molecule has 1 aliphatic carbocycles. The van der Waals surface area contributed by atoms with Gasteiger partial charge < -0.3 is 5.32 Å². The van der Waals surface area contributed by atoms with Crippen LogP contribution in [-0.2, 0) is 0 Å². The van der Waals surface area contributed by atoms with E-state index in [0.29, 0.717) is 0 Å². The molecule has 0 heterocycles. The minimum Gasteiger partial charge on any atom is -0.314 e. The molecular weight excluding hydrogens is 117 g/mol. The molecule has 0 aromatic rings. The minimum atomic E-state index is -0.546. The molecule has 0 spiro atoms. The van der Waals surface area contributed by atoms with E-state index in [1.165, 1.54) is 0 Å². The van der Waals surface area contributed by atoms with Crippen LogP contribution in [0.4, 0.5) is 4.39 Å². The van der Waals surface area contributed by atoms with Crippen LogP contribution in [0.5, 0.6) is 0 Å². The monoisotopic (exact) mass is 125 g/mol. The number of halogens is 2. The van der Waals surface area contributed by atoms with Gasteiger partial charge in [0.25, 0.3) is 0 Å². The lowest BCUT2D eigenvalue weighted by atomic mass is 10.7. The van der Waals surface area contributed by atoms with E-state index in [4.69, 9.17) is 0 Å². The molecule has 0 aliphatic heterocycles. The highest BCUT2D eigenvalue weighted by Crippen LogP contribution is 2.23. The molecule has 0 amide bonds. The second-order valence-corrected chi connectivity index (χ2v) is 1.65. The van der Waals surface area contributed by atoms with Crippen LogP contribution in [0.2, 0.25) is 0 Å². The first-order valence-electron chi connectivity index (χ1n) is 2.16. The summed E-state index contributed by atoms with van der Waals surface area (Å²) in [6, 6.07) is 0.185. The predicted octanol–water partition coefficient (Wildman–Crippen LogP) is 0.738. The van der Waals surface area contributed by atoms with E-state index in [0.717, 1.165) is 6.42 Å². The highest BCUT2D eigenvalue weighted by Gasteiger charge is 2.35. The number of rotatable bonds is 1. The van der Waals surface area contributed by atoms with Gasteiger partial charge in [-0.15, -0.1) is 12.4 Å². The number of hydrogen-bond donors (Lipinski definition) is 1. The van der Waals surface area contributed by atoms with Gasteiger partial charge in [0, 0.05) is 6.04 Å². The van der Waals surface area contributed by atoms with E-state index in [9.17, 15) is 4.39 Å². The molecule has 1 rings (SSSR count). The molecule has 1 nitrogen and oxygen atoms in total. The first-order valence-corrected chi connectivity index (χ1v) is 2.16. The molecule has 7 heavy (non-hydrogen) atoms. The Kier molecular flexibility index (Phi) is 2.54. The van der Waals surface area contributed by atoms with Crippen molar-refractivity contribution < 1.29 is 4.39 Å². The van der Waals surface area contributed by atoms with Crippen LogP contribution in [0, 0.1) is 0 Å². The van der Waals surface area contributed by atoms with Crippen LogP contribution >= 0.6 is 12.4 Å². The molecule has 1 aliphatic rings. The first kappa shape index (κ1) is 7.18. The van der Waals surface area contributed by atoms with Crippen LogP contribution in [0.15, 0.2) is 0 Å². The number of hydrogen-bond acceptors (Lipinski definition) is 1. The highest BCUT2D eigenvalue weighted by atomic mass is 35.5. The van der Waals surface area contributed by atoms with Crippen LogP contribution in [0.1, 0.15) is 6.42 Å². The van der Waals surface area contributed by atoms with Gasteiger partial charge in [-0.05, 0) is 13.5 Å². The van der Waals surface area contributed by atoms with Crippen molar-refractivity contribution in [3.8, 4) is 0 Å². The lowest BCUT2D eigenvalue weighted by molar-refractivity contribution is 0.455. The molecule has 3 heteroatoms. The predicted molar refractivity (Wildman–Crippen MR) is 29.6 cm³/mol. The smallest absolute Gasteiger partial charge is 0.117 e. The van der Waals surface area contributed by atoms with Crippen LogP contribution in [-0.4, -0.2) is 19.3 Å². The van der Waals surface area contributed by atoms with Gasteiger partial charge in [-0.25, -0.2) is 4.39 Å². The molecule has 1 N–H and O–H groups in total. The van der Waals surface area contributed by atoms with E-state index >= 15 is 0 Å². The first-order chi connectivity index (χ1) is 2.84. The Morgan fingerprint density at radius 3 is 2.14 bits per heavy atom. The summed E-state index contributed by atoms with van der Waals surface area (Å²) < 4.78 is 11.7. The Balaban J connectivity index is 0.000000360. The fraction of sp³-hybridized carbons (Fsp3) is 1.00. The van der Waals surface area contributed by atoms with Crippen LogP contribution in [0.25, 0.3) is 0 Å². The Labute approximate surface area is 48.7 Å². The SMILES string of the molecule is CN[C@@H]1C[C@H]1F.Cl. The van der Waals surface area contributed by atoms with Gasteiger partial charge in [0.1, 0.15) is 6.17 Å². The van der Waals surface area contributed by atoms with E-state index in [2.05, 4.69) is 5.32 Å². The Hall–Kier alpha value is 0.180. The van der Waals surface area contributed by atoms with Crippen molar-refractivity contribution in [1.82, 2.24) is 5.32 Å². The minimum absolute atomic E-state index is 0. The summed E-state index contributed by atoms with van der Waals surface area (Å²) in [6.45, 7) is 0. The number of nitrogens with one attached hydrogen (secondary N) is 1. The molecule has 0 aromatic heterocycles. The normalized spacial score (nSPS) is 36.9.